The number of anilines is 1. The minimum Gasteiger partial charge on any atom is -0.383 e. The van der Waals surface area contributed by atoms with E-state index in [9.17, 15) is 0 Å². The number of hydrogen-bond donors (Lipinski definition) is 2. The number of aromatic nitrogens is 2. The third-order valence-electron chi connectivity index (χ3n) is 3.45. The molecule has 0 radical (unpaired) electrons. The zero-order valence-corrected chi connectivity index (χ0v) is 10.7. The van der Waals surface area contributed by atoms with Crippen LogP contribution in [0.5, 0.6) is 0 Å². The lowest BCUT2D eigenvalue weighted by Crippen LogP contribution is -2.14. The molecular formula is C12H19N3S. The van der Waals surface area contributed by atoms with E-state index in [1.807, 2.05) is 0 Å². The summed E-state index contributed by atoms with van der Waals surface area (Å²) in [6.07, 6.45) is 4.71. The van der Waals surface area contributed by atoms with E-state index >= 15 is 0 Å². The van der Waals surface area contributed by atoms with E-state index in [-0.39, 0.29) is 0 Å². The maximum absolute atomic E-state index is 6.00. The Bertz CT molecular complexity index is 438. The minimum atomic E-state index is 0.477. The van der Waals surface area contributed by atoms with Crippen molar-refractivity contribution in [3.8, 4) is 0 Å². The smallest absolute Gasteiger partial charge is 0.198 e. The van der Waals surface area contributed by atoms with E-state index in [1.165, 1.54) is 30.5 Å². The predicted octanol–water partition coefficient (Wildman–Crippen LogP) is 3.19. The van der Waals surface area contributed by atoms with Crippen LogP contribution in [0.2, 0.25) is 0 Å². The number of aryl methyl sites for hydroxylation is 1. The fraction of sp³-hybridized carbons (Fsp3) is 0.667. The van der Waals surface area contributed by atoms with Gasteiger partial charge in [-0.3, -0.25) is 0 Å². The summed E-state index contributed by atoms with van der Waals surface area (Å²) in [6.45, 7) is 4.55. The molecule has 0 saturated carbocycles. The van der Waals surface area contributed by atoms with Crippen molar-refractivity contribution in [2.75, 3.05) is 5.73 Å². The minimum absolute atomic E-state index is 0.477. The van der Waals surface area contributed by atoms with Gasteiger partial charge in [-0.2, -0.15) is 0 Å². The van der Waals surface area contributed by atoms with Crippen LogP contribution < -0.4 is 5.73 Å². The highest BCUT2D eigenvalue weighted by Crippen LogP contribution is 2.33. The third-order valence-corrected chi connectivity index (χ3v) is 3.65. The van der Waals surface area contributed by atoms with Crippen LogP contribution in [0.15, 0.2) is 0 Å². The van der Waals surface area contributed by atoms with Gasteiger partial charge in [0.1, 0.15) is 5.82 Å². The number of nitrogens with two attached hydrogens (primary N) is 1. The van der Waals surface area contributed by atoms with Crippen molar-refractivity contribution < 1.29 is 0 Å². The van der Waals surface area contributed by atoms with E-state index in [0.29, 0.717) is 16.5 Å². The van der Waals surface area contributed by atoms with Crippen molar-refractivity contribution in [3.05, 3.63) is 16.0 Å². The Kier molecular flexibility index (Phi) is 3.28. The summed E-state index contributed by atoms with van der Waals surface area (Å²) in [7, 11) is 0. The Labute approximate surface area is 101 Å². The Balaban J connectivity index is 2.48. The van der Waals surface area contributed by atoms with Crippen LogP contribution >= 0.6 is 12.2 Å². The lowest BCUT2D eigenvalue weighted by Gasteiger charge is -2.24. The summed E-state index contributed by atoms with van der Waals surface area (Å²) in [4.78, 5) is 7.38. The SMILES string of the molecule is CC1CCCc2[nH]c(=S)nc(N)c2C(C)C1. The van der Waals surface area contributed by atoms with Gasteiger partial charge in [0.2, 0.25) is 0 Å². The average Bonchev–Trinajstić information content (AvgIpc) is 2.13. The Morgan fingerprint density at radius 1 is 1.44 bits per heavy atom. The van der Waals surface area contributed by atoms with Gasteiger partial charge >= 0.3 is 0 Å². The van der Waals surface area contributed by atoms with Crippen molar-refractivity contribution >= 4 is 18.0 Å². The lowest BCUT2D eigenvalue weighted by atomic mass is 9.84. The fourth-order valence-corrected chi connectivity index (χ4v) is 2.98. The van der Waals surface area contributed by atoms with Gasteiger partial charge in [-0.05, 0) is 43.3 Å². The first-order valence-corrected chi connectivity index (χ1v) is 6.37. The predicted molar refractivity (Wildman–Crippen MR) is 69.0 cm³/mol. The molecular weight excluding hydrogens is 218 g/mol. The monoisotopic (exact) mass is 237 g/mol. The molecule has 2 rings (SSSR count). The van der Waals surface area contributed by atoms with Crippen LogP contribution in [0.1, 0.15) is 50.3 Å². The van der Waals surface area contributed by atoms with Crippen LogP contribution in [0, 0.1) is 10.7 Å². The van der Waals surface area contributed by atoms with Gasteiger partial charge in [0.05, 0.1) is 0 Å². The number of H-pyrrole nitrogens is 1. The fourth-order valence-electron chi connectivity index (χ4n) is 2.76. The number of nitrogen functional groups attached to an aromatic ring is 1. The van der Waals surface area contributed by atoms with E-state index in [4.69, 9.17) is 18.0 Å². The molecule has 1 aliphatic rings. The number of hydrogen-bond acceptors (Lipinski definition) is 3. The van der Waals surface area contributed by atoms with Crippen LogP contribution in [0.3, 0.4) is 0 Å². The van der Waals surface area contributed by atoms with Gasteiger partial charge in [-0.25, -0.2) is 4.98 Å². The second-order valence-electron chi connectivity index (χ2n) is 4.95. The molecule has 88 valence electrons. The first kappa shape index (κ1) is 11.6. The molecule has 3 N–H and O–H groups in total. The third kappa shape index (κ3) is 2.26. The van der Waals surface area contributed by atoms with Crippen molar-refractivity contribution in [1.82, 2.24) is 9.97 Å². The summed E-state index contributed by atoms with van der Waals surface area (Å²) >= 11 is 5.08. The zero-order valence-electron chi connectivity index (χ0n) is 9.92. The molecule has 1 aliphatic carbocycles. The molecule has 0 spiro atoms. The summed E-state index contributed by atoms with van der Waals surface area (Å²) in [5, 5.41) is 0. The molecule has 0 aromatic carbocycles. The highest BCUT2D eigenvalue weighted by molar-refractivity contribution is 7.71. The van der Waals surface area contributed by atoms with Gasteiger partial charge < -0.3 is 10.7 Å². The number of fused-ring (bicyclic) bond motifs is 1. The number of rotatable bonds is 0. The van der Waals surface area contributed by atoms with E-state index < -0.39 is 0 Å². The highest BCUT2D eigenvalue weighted by Gasteiger charge is 2.20. The summed E-state index contributed by atoms with van der Waals surface area (Å²) in [6, 6.07) is 0. The number of nitrogens with one attached hydrogen (secondary N) is 1. The van der Waals surface area contributed by atoms with Gasteiger partial charge in [0.15, 0.2) is 4.77 Å². The summed E-state index contributed by atoms with van der Waals surface area (Å²) < 4.78 is 0.511. The summed E-state index contributed by atoms with van der Waals surface area (Å²) in [5.74, 6) is 1.87. The Hall–Kier alpha value is -0.900. The second kappa shape index (κ2) is 4.53. The van der Waals surface area contributed by atoms with Crippen molar-refractivity contribution in [2.24, 2.45) is 5.92 Å². The first-order valence-electron chi connectivity index (χ1n) is 5.96. The van der Waals surface area contributed by atoms with Gasteiger partial charge in [-0.15, -0.1) is 0 Å². The number of nitrogens with zero attached hydrogens (tertiary/aromatic N) is 1. The van der Waals surface area contributed by atoms with E-state index in [0.717, 1.165) is 12.3 Å². The molecule has 0 aliphatic heterocycles. The maximum Gasteiger partial charge on any atom is 0.198 e. The Morgan fingerprint density at radius 3 is 2.94 bits per heavy atom. The molecule has 0 bridgehead atoms. The van der Waals surface area contributed by atoms with Crippen LogP contribution in [-0.4, -0.2) is 9.97 Å². The van der Waals surface area contributed by atoms with E-state index in [1.54, 1.807) is 0 Å². The summed E-state index contributed by atoms with van der Waals surface area (Å²) in [5.41, 5.74) is 8.40. The molecule has 1 heterocycles. The molecule has 0 fully saturated rings. The second-order valence-corrected chi connectivity index (χ2v) is 5.34. The molecule has 0 saturated heterocycles. The molecule has 0 amide bonds. The van der Waals surface area contributed by atoms with E-state index in [2.05, 4.69) is 23.8 Å². The molecule has 2 atom stereocenters. The molecule has 1 aromatic rings. The average molecular weight is 237 g/mol. The quantitative estimate of drug-likeness (QED) is 0.681. The maximum atomic E-state index is 6.00. The molecule has 4 heteroatoms. The lowest BCUT2D eigenvalue weighted by molar-refractivity contribution is 0.424. The topological polar surface area (TPSA) is 54.7 Å². The molecule has 3 nitrogen and oxygen atoms in total. The van der Waals surface area contributed by atoms with Crippen molar-refractivity contribution in [3.63, 3.8) is 0 Å². The van der Waals surface area contributed by atoms with Gasteiger partial charge in [0.25, 0.3) is 0 Å². The van der Waals surface area contributed by atoms with Gasteiger partial charge in [-0.1, -0.05) is 20.3 Å². The van der Waals surface area contributed by atoms with Crippen LogP contribution in [0.4, 0.5) is 5.82 Å². The normalized spacial score (nSPS) is 25.6. The number of aromatic amines is 1. The van der Waals surface area contributed by atoms with Crippen molar-refractivity contribution in [1.29, 1.82) is 0 Å². The molecule has 1 aromatic heterocycles. The van der Waals surface area contributed by atoms with Crippen molar-refractivity contribution in [2.45, 2.75) is 45.4 Å². The Morgan fingerprint density at radius 2 is 2.19 bits per heavy atom. The zero-order chi connectivity index (χ0) is 11.7. The van der Waals surface area contributed by atoms with Crippen LogP contribution in [0.25, 0.3) is 0 Å². The largest absolute Gasteiger partial charge is 0.383 e. The molecule has 16 heavy (non-hydrogen) atoms. The molecule has 2 unspecified atom stereocenters. The highest BCUT2D eigenvalue weighted by atomic mass is 32.1. The van der Waals surface area contributed by atoms with Gasteiger partial charge in [0, 0.05) is 11.3 Å². The first-order chi connectivity index (χ1) is 7.58. The van der Waals surface area contributed by atoms with Crippen LogP contribution in [-0.2, 0) is 6.42 Å². The standard InChI is InChI=1S/C12H19N3S/c1-7-4-3-5-9-10(8(2)6-7)11(13)15-12(16)14-9/h7-8H,3-6H2,1-2H3,(H3,13,14,15,16).